The highest BCUT2D eigenvalue weighted by Gasteiger charge is 2.28. The molecule has 4 nitrogen and oxygen atoms in total. The predicted octanol–water partition coefficient (Wildman–Crippen LogP) is 3.15. The standard InChI is InChI=1S/C13H12BrN3O/c14-10-11(8-6-7-8)16-13(17-12(10)18)15-9-4-2-1-3-5-9/h1-5,8H,6-7H2,(H2,15,16,17,18). The molecule has 1 saturated carbocycles. The lowest BCUT2D eigenvalue weighted by Crippen LogP contribution is -2.14. The van der Waals surface area contributed by atoms with Crippen molar-refractivity contribution in [1.82, 2.24) is 9.97 Å². The molecule has 0 bridgehead atoms. The molecule has 0 amide bonds. The summed E-state index contributed by atoms with van der Waals surface area (Å²) in [5.41, 5.74) is 1.63. The molecule has 0 unspecified atom stereocenters. The van der Waals surface area contributed by atoms with Crippen molar-refractivity contribution in [3.8, 4) is 0 Å². The van der Waals surface area contributed by atoms with Crippen LogP contribution in [-0.2, 0) is 0 Å². The highest BCUT2D eigenvalue weighted by Crippen LogP contribution is 2.41. The number of hydrogen-bond donors (Lipinski definition) is 2. The monoisotopic (exact) mass is 305 g/mol. The van der Waals surface area contributed by atoms with Crippen LogP contribution in [0, 0.1) is 0 Å². The first kappa shape index (κ1) is 11.5. The zero-order valence-corrected chi connectivity index (χ0v) is 11.2. The van der Waals surface area contributed by atoms with Crippen molar-refractivity contribution < 1.29 is 0 Å². The first-order chi connectivity index (χ1) is 8.74. The molecule has 18 heavy (non-hydrogen) atoms. The van der Waals surface area contributed by atoms with Crippen molar-refractivity contribution in [2.45, 2.75) is 18.8 Å². The predicted molar refractivity (Wildman–Crippen MR) is 74.3 cm³/mol. The van der Waals surface area contributed by atoms with Crippen molar-refractivity contribution in [2.24, 2.45) is 0 Å². The van der Waals surface area contributed by atoms with E-state index in [1.165, 1.54) is 0 Å². The first-order valence-electron chi connectivity index (χ1n) is 5.86. The Hall–Kier alpha value is -1.62. The summed E-state index contributed by atoms with van der Waals surface area (Å²) in [6, 6.07) is 9.67. The Balaban J connectivity index is 1.95. The number of rotatable bonds is 3. The van der Waals surface area contributed by atoms with Gasteiger partial charge in [0.25, 0.3) is 5.56 Å². The zero-order chi connectivity index (χ0) is 12.5. The molecule has 2 aromatic rings. The molecule has 2 N–H and O–H groups in total. The topological polar surface area (TPSA) is 57.8 Å². The van der Waals surface area contributed by atoms with E-state index in [-0.39, 0.29) is 5.56 Å². The molecule has 1 aliphatic rings. The van der Waals surface area contributed by atoms with Crippen molar-refractivity contribution in [1.29, 1.82) is 0 Å². The van der Waals surface area contributed by atoms with E-state index >= 15 is 0 Å². The van der Waals surface area contributed by atoms with Crippen LogP contribution in [0.4, 0.5) is 11.6 Å². The molecule has 0 saturated heterocycles. The lowest BCUT2D eigenvalue weighted by atomic mass is 10.3. The maximum absolute atomic E-state index is 11.8. The molecule has 0 atom stereocenters. The number of nitrogens with one attached hydrogen (secondary N) is 2. The van der Waals surface area contributed by atoms with Crippen LogP contribution in [0.2, 0.25) is 0 Å². The quantitative estimate of drug-likeness (QED) is 0.916. The SMILES string of the molecule is O=c1[nH]c(Nc2ccccc2)nc(C2CC2)c1Br. The van der Waals surface area contributed by atoms with Gasteiger partial charge in [-0.05, 0) is 40.9 Å². The van der Waals surface area contributed by atoms with E-state index < -0.39 is 0 Å². The van der Waals surface area contributed by atoms with E-state index in [2.05, 4.69) is 31.2 Å². The number of nitrogens with zero attached hydrogens (tertiary/aromatic N) is 1. The summed E-state index contributed by atoms with van der Waals surface area (Å²) in [7, 11) is 0. The summed E-state index contributed by atoms with van der Waals surface area (Å²) in [6.45, 7) is 0. The smallest absolute Gasteiger partial charge is 0.266 e. The molecule has 0 radical (unpaired) electrons. The molecular formula is C13H12BrN3O. The Labute approximate surface area is 113 Å². The fraction of sp³-hybridized carbons (Fsp3) is 0.231. The van der Waals surface area contributed by atoms with Crippen LogP contribution in [-0.4, -0.2) is 9.97 Å². The van der Waals surface area contributed by atoms with Crippen molar-refractivity contribution in [3.63, 3.8) is 0 Å². The number of aromatic nitrogens is 2. The van der Waals surface area contributed by atoms with Gasteiger partial charge in [-0.15, -0.1) is 0 Å². The van der Waals surface area contributed by atoms with Gasteiger partial charge in [0.1, 0.15) is 4.47 Å². The molecule has 5 heteroatoms. The number of hydrogen-bond acceptors (Lipinski definition) is 3. The van der Waals surface area contributed by atoms with Crippen LogP contribution in [0.25, 0.3) is 0 Å². The molecule has 1 fully saturated rings. The lowest BCUT2D eigenvalue weighted by molar-refractivity contribution is 0.959. The minimum atomic E-state index is -0.134. The molecule has 0 aliphatic heterocycles. The Morgan fingerprint density at radius 1 is 1.28 bits per heavy atom. The normalized spacial score (nSPS) is 14.5. The Morgan fingerprint density at radius 2 is 2.00 bits per heavy atom. The minimum Gasteiger partial charge on any atom is -0.326 e. The Morgan fingerprint density at radius 3 is 2.67 bits per heavy atom. The van der Waals surface area contributed by atoms with Gasteiger partial charge in [0.05, 0.1) is 5.69 Å². The molecular weight excluding hydrogens is 294 g/mol. The van der Waals surface area contributed by atoms with Gasteiger partial charge in [0.2, 0.25) is 5.95 Å². The van der Waals surface area contributed by atoms with Crippen LogP contribution in [0.5, 0.6) is 0 Å². The first-order valence-corrected chi connectivity index (χ1v) is 6.65. The summed E-state index contributed by atoms with van der Waals surface area (Å²) in [5, 5.41) is 3.11. The highest BCUT2D eigenvalue weighted by atomic mass is 79.9. The summed E-state index contributed by atoms with van der Waals surface area (Å²) in [6.07, 6.45) is 2.22. The van der Waals surface area contributed by atoms with Gasteiger partial charge in [0.15, 0.2) is 0 Å². The number of halogens is 1. The third kappa shape index (κ3) is 2.31. The molecule has 3 rings (SSSR count). The van der Waals surface area contributed by atoms with E-state index in [4.69, 9.17) is 0 Å². The average molecular weight is 306 g/mol. The van der Waals surface area contributed by atoms with E-state index in [0.29, 0.717) is 16.3 Å². The van der Waals surface area contributed by atoms with Gasteiger partial charge in [-0.2, -0.15) is 0 Å². The molecule has 0 spiro atoms. The average Bonchev–Trinajstić information content (AvgIpc) is 3.19. The second-order valence-corrected chi connectivity index (χ2v) is 5.17. The number of para-hydroxylation sites is 1. The zero-order valence-electron chi connectivity index (χ0n) is 9.61. The molecule has 1 aromatic heterocycles. The fourth-order valence-electron chi connectivity index (χ4n) is 1.82. The van der Waals surface area contributed by atoms with Gasteiger partial charge >= 0.3 is 0 Å². The van der Waals surface area contributed by atoms with E-state index in [9.17, 15) is 4.79 Å². The largest absolute Gasteiger partial charge is 0.326 e. The second kappa shape index (κ2) is 4.57. The molecule has 1 heterocycles. The summed E-state index contributed by atoms with van der Waals surface area (Å²) in [5.74, 6) is 0.925. The van der Waals surface area contributed by atoms with Gasteiger partial charge in [0, 0.05) is 11.6 Å². The van der Waals surface area contributed by atoms with Gasteiger partial charge in [-0.1, -0.05) is 18.2 Å². The lowest BCUT2D eigenvalue weighted by Gasteiger charge is -2.07. The van der Waals surface area contributed by atoms with Crippen LogP contribution >= 0.6 is 15.9 Å². The van der Waals surface area contributed by atoms with E-state index in [0.717, 1.165) is 24.2 Å². The number of anilines is 2. The third-order valence-electron chi connectivity index (χ3n) is 2.89. The van der Waals surface area contributed by atoms with Crippen molar-refractivity contribution >= 4 is 27.6 Å². The number of aromatic amines is 1. The number of H-pyrrole nitrogens is 1. The molecule has 92 valence electrons. The minimum absolute atomic E-state index is 0.134. The van der Waals surface area contributed by atoms with Crippen molar-refractivity contribution in [2.75, 3.05) is 5.32 Å². The van der Waals surface area contributed by atoms with Crippen molar-refractivity contribution in [3.05, 3.63) is 50.9 Å². The van der Waals surface area contributed by atoms with E-state index in [1.54, 1.807) is 0 Å². The summed E-state index contributed by atoms with van der Waals surface area (Å²) >= 11 is 3.31. The molecule has 1 aliphatic carbocycles. The third-order valence-corrected chi connectivity index (χ3v) is 3.66. The Kier molecular flexibility index (Phi) is 2.91. The van der Waals surface area contributed by atoms with Crippen LogP contribution in [0.3, 0.4) is 0 Å². The van der Waals surface area contributed by atoms with Gasteiger partial charge in [-0.3, -0.25) is 9.78 Å². The van der Waals surface area contributed by atoms with Crippen LogP contribution in [0.15, 0.2) is 39.6 Å². The van der Waals surface area contributed by atoms with Gasteiger partial charge in [-0.25, -0.2) is 4.98 Å². The summed E-state index contributed by atoms with van der Waals surface area (Å²) in [4.78, 5) is 19.0. The van der Waals surface area contributed by atoms with Crippen LogP contribution in [0.1, 0.15) is 24.5 Å². The fourth-order valence-corrected chi connectivity index (χ4v) is 2.33. The van der Waals surface area contributed by atoms with Gasteiger partial charge < -0.3 is 5.32 Å². The van der Waals surface area contributed by atoms with E-state index in [1.807, 2.05) is 30.3 Å². The highest BCUT2D eigenvalue weighted by molar-refractivity contribution is 9.10. The summed E-state index contributed by atoms with van der Waals surface area (Å²) < 4.78 is 0.559. The Bertz CT molecular complexity index is 620. The maximum Gasteiger partial charge on any atom is 0.266 e. The second-order valence-electron chi connectivity index (χ2n) is 4.38. The molecule has 1 aromatic carbocycles. The van der Waals surface area contributed by atoms with Crippen LogP contribution < -0.4 is 10.9 Å². The number of benzene rings is 1. The maximum atomic E-state index is 11.8.